The van der Waals surface area contributed by atoms with Crippen LogP contribution in [0.5, 0.6) is 0 Å². The summed E-state index contributed by atoms with van der Waals surface area (Å²) in [6, 6.07) is 4.09. The molecule has 1 unspecified atom stereocenters. The molecule has 19 heavy (non-hydrogen) atoms. The van der Waals surface area contributed by atoms with Gasteiger partial charge >= 0.3 is 0 Å². The van der Waals surface area contributed by atoms with Crippen molar-refractivity contribution in [2.45, 2.75) is 25.3 Å². The van der Waals surface area contributed by atoms with Crippen LogP contribution in [-0.2, 0) is 4.79 Å². The Balaban J connectivity index is 2.06. The van der Waals surface area contributed by atoms with E-state index in [1.807, 2.05) is 0 Å². The molecule has 2 rings (SSSR count). The maximum absolute atomic E-state index is 12.0. The summed E-state index contributed by atoms with van der Waals surface area (Å²) in [5.74, 6) is -0.103. The highest BCUT2D eigenvalue weighted by Crippen LogP contribution is 2.27. The van der Waals surface area contributed by atoms with E-state index in [0.29, 0.717) is 10.2 Å². The highest BCUT2D eigenvalue weighted by molar-refractivity contribution is 9.10. The van der Waals surface area contributed by atoms with Crippen LogP contribution in [0.4, 0.5) is 11.4 Å². The molecule has 1 aliphatic heterocycles. The summed E-state index contributed by atoms with van der Waals surface area (Å²) in [7, 11) is 0. The third-order valence-corrected chi connectivity index (χ3v) is 3.70. The zero-order valence-electron chi connectivity index (χ0n) is 10.2. The fourth-order valence-corrected chi connectivity index (χ4v) is 2.48. The lowest BCUT2D eigenvalue weighted by Gasteiger charge is -2.22. The van der Waals surface area contributed by atoms with Crippen molar-refractivity contribution in [2.75, 3.05) is 11.9 Å². The number of nitrogens with zero attached hydrogens (tertiary/aromatic N) is 1. The fourth-order valence-electron chi connectivity index (χ4n) is 2.01. The first-order chi connectivity index (χ1) is 9.08. The second kappa shape index (κ2) is 6.12. The van der Waals surface area contributed by atoms with Gasteiger partial charge in [-0.25, -0.2) is 0 Å². The number of nitrogens with one attached hydrogen (secondary N) is 2. The number of piperidine rings is 1. The number of nitro groups is 1. The van der Waals surface area contributed by atoms with Gasteiger partial charge in [0.15, 0.2) is 0 Å². The molecule has 0 radical (unpaired) electrons. The predicted octanol–water partition coefficient (Wildman–Crippen LogP) is 2.44. The van der Waals surface area contributed by atoms with Gasteiger partial charge in [0.05, 0.1) is 16.7 Å². The number of rotatable bonds is 3. The minimum absolute atomic E-state index is 0.0133. The van der Waals surface area contributed by atoms with Crippen LogP contribution < -0.4 is 10.6 Å². The molecular weight excluding hydrogens is 314 g/mol. The van der Waals surface area contributed by atoms with Crippen molar-refractivity contribution in [3.05, 3.63) is 32.8 Å². The van der Waals surface area contributed by atoms with E-state index >= 15 is 0 Å². The molecule has 0 saturated carbocycles. The van der Waals surface area contributed by atoms with Crippen molar-refractivity contribution in [3.63, 3.8) is 0 Å². The quantitative estimate of drug-likeness (QED) is 0.659. The van der Waals surface area contributed by atoms with Crippen molar-refractivity contribution in [3.8, 4) is 0 Å². The van der Waals surface area contributed by atoms with Crippen LogP contribution >= 0.6 is 15.9 Å². The van der Waals surface area contributed by atoms with Crippen LogP contribution in [0.15, 0.2) is 22.7 Å². The molecule has 6 nitrogen and oxygen atoms in total. The summed E-state index contributed by atoms with van der Waals surface area (Å²) < 4.78 is 0.505. The third-order valence-electron chi connectivity index (χ3n) is 3.05. The lowest BCUT2D eigenvalue weighted by molar-refractivity contribution is -0.384. The lowest BCUT2D eigenvalue weighted by Crippen LogP contribution is -2.43. The highest BCUT2D eigenvalue weighted by atomic mass is 79.9. The minimum Gasteiger partial charge on any atom is -0.324 e. The normalized spacial score (nSPS) is 18.9. The summed E-state index contributed by atoms with van der Waals surface area (Å²) in [6.45, 7) is 0.847. The molecule has 1 aliphatic rings. The Morgan fingerprint density at radius 2 is 2.26 bits per heavy atom. The second-order valence-corrected chi connectivity index (χ2v) is 5.27. The number of benzene rings is 1. The van der Waals surface area contributed by atoms with Crippen LogP contribution in [0.2, 0.25) is 0 Å². The van der Waals surface area contributed by atoms with Gasteiger partial charge in [-0.05, 0) is 41.4 Å². The molecule has 0 spiro atoms. The molecule has 1 atom stereocenters. The number of anilines is 1. The highest BCUT2D eigenvalue weighted by Gasteiger charge is 2.21. The topological polar surface area (TPSA) is 84.3 Å². The lowest BCUT2D eigenvalue weighted by atomic mass is 10.0. The Kier molecular flexibility index (Phi) is 4.49. The Morgan fingerprint density at radius 3 is 2.84 bits per heavy atom. The number of hydrogen-bond acceptors (Lipinski definition) is 4. The SMILES string of the molecule is O=C(Nc1ccc([N+](=O)[O-])cc1Br)C1CCCCN1. The van der Waals surface area contributed by atoms with Gasteiger partial charge in [-0.3, -0.25) is 14.9 Å². The van der Waals surface area contributed by atoms with Gasteiger partial charge in [0.2, 0.25) is 5.91 Å². The van der Waals surface area contributed by atoms with Gasteiger partial charge in [-0.15, -0.1) is 0 Å². The molecule has 0 aromatic heterocycles. The molecule has 0 aliphatic carbocycles. The smallest absolute Gasteiger partial charge is 0.270 e. The molecule has 1 aromatic carbocycles. The molecule has 1 saturated heterocycles. The number of carbonyl (C=O) groups is 1. The molecule has 1 heterocycles. The van der Waals surface area contributed by atoms with Crippen molar-refractivity contribution in [2.24, 2.45) is 0 Å². The van der Waals surface area contributed by atoms with Gasteiger partial charge in [0.25, 0.3) is 5.69 Å². The van der Waals surface area contributed by atoms with E-state index in [1.165, 1.54) is 18.2 Å². The summed E-state index contributed by atoms with van der Waals surface area (Å²) in [5, 5.41) is 16.5. The number of nitro benzene ring substituents is 1. The van der Waals surface area contributed by atoms with E-state index in [1.54, 1.807) is 0 Å². The van der Waals surface area contributed by atoms with E-state index in [-0.39, 0.29) is 17.6 Å². The first-order valence-corrected chi connectivity index (χ1v) is 6.85. The van der Waals surface area contributed by atoms with Crippen LogP contribution in [0.25, 0.3) is 0 Å². The van der Waals surface area contributed by atoms with Crippen molar-refractivity contribution >= 4 is 33.2 Å². The standard InChI is InChI=1S/C12H14BrN3O3/c13-9-7-8(16(18)19)4-5-10(9)15-12(17)11-3-1-2-6-14-11/h4-5,7,11,14H,1-3,6H2,(H,15,17). The average Bonchev–Trinajstić information content (AvgIpc) is 2.41. The molecule has 102 valence electrons. The van der Waals surface area contributed by atoms with Crippen LogP contribution in [0.3, 0.4) is 0 Å². The zero-order valence-corrected chi connectivity index (χ0v) is 11.8. The first kappa shape index (κ1) is 14.0. The minimum atomic E-state index is -0.473. The molecule has 1 amide bonds. The summed E-state index contributed by atoms with van der Waals surface area (Å²) in [5.41, 5.74) is 0.531. The summed E-state index contributed by atoms with van der Waals surface area (Å²) in [4.78, 5) is 22.2. The molecule has 1 fully saturated rings. The largest absolute Gasteiger partial charge is 0.324 e. The van der Waals surface area contributed by atoms with Gasteiger partial charge in [-0.2, -0.15) is 0 Å². The number of carbonyl (C=O) groups excluding carboxylic acids is 1. The number of halogens is 1. The van der Waals surface area contributed by atoms with E-state index in [2.05, 4.69) is 26.6 Å². The van der Waals surface area contributed by atoms with Crippen molar-refractivity contribution in [1.82, 2.24) is 5.32 Å². The zero-order chi connectivity index (χ0) is 13.8. The Hall–Kier alpha value is -1.47. The molecule has 1 aromatic rings. The van der Waals surface area contributed by atoms with Gasteiger partial charge in [-0.1, -0.05) is 6.42 Å². The number of hydrogen-bond donors (Lipinski definition) is 2. The Labute approximate surface area is 118 Å². The fraction of sp³-hybridized carbons (Fsp3) is 0.417. The summed E-state index contributed by atoms with van der Waals surface area (Å²) in [6.07, 6.45) is 2.94. The summed E-state index contributed by atoms with van der Waals surface area (Å²) >= 11 is 3.23. The Morgan fingerprint density at radius 1 is 1.47 bits per heavy atom. The van der Waals surface area contributed by atoms with Crippen molar-refractivity contribution in [1.29, 1.82) is 0 Å². The second-order valence-electron chi connectivity index (χ2n) is 4.41. The molecule has 7 heteroatoms. The number of non-ortho nitro benzene ring substituents is 1. The van der Waals surface area contributed by atoms with Crippen molar-refractivity contribution < 1.29 is 9.72 Å². The average molecular weight is 328 g/mol. The monoisotopic (exact) mass is 327 g/mol. The van der Waals surface area contributed by atoms with Gasteiger partial charge in [0.1, 0.15) is 0 Å². The van der Waals surface area contributed by atoms with E-state index < -0.39 is 4.92 Å². The van der Waals surface area contributed by atoms with Crippen LogP contribution in [-0.4, -0.2) is 23.4 Å². The molecule has 2 N–H and O–H groups in total. The maximum atomic E-state index is 12.0. The Bertz CT molecular complexity index is 501. The van der Waals surface area contributed by atoms with Crippen LogP contribution in [0, 0.1) is 10.1 Å². The predicted molar refractivity (Wildman–Crippen MR) is 75.1 cm³/mol. The van der Waals surface area contributed by atoms with E-state index in [9.17, 15) is 14.9 Å². The molecular formula is C12H14BrN3O3. The van der Waals surface area contributed by atoms with Crippen LogP contribution in [0.1, 0.15) is 19.3 Å². The third kappa shape index (κ3) is 3.51. The van der Waals surface area contributed by atoms with E-state index in [4.69, 9.17) is 0 Å². The van der Waals surface area contributed by atoms with Gasteiger partial charge in [0, 0.05) is 16.6 Å². The maximum Gasteiger partial charge on any atom is 0.270 e. The first-order valence-electron chi connectivity index (χ1n) is 6.06. The molecule has 0 bridgehead atoms. The van der Waals surface area contributed by atoms with E-state index in [0.717, 1.165) is 25.8 Å². The number of amides is 1. The van der Waals surface area contributed by atoms with Gasteiger partial charge < -0.3 is 10.6 Å².